The zero-order valence-corrected chi connectivity index (χ0v) is 23.2. The lowest BCUT2D eigenvalue weighted by molar-refractivity contribution is -0.143. The number of hydrogen-bond donors (Lipinski definition) is 2. The highest BCUT2D eigenvalue weighted by atomic mass is 32.2. The van der Waals surface area contributed by atoms with Crippen LogP contribution in [0.5, 0.6) is 0 Å². The van der Waals surface area contributed by atoms with E-state index in [1.807, 2.05) is 37.4 Å². The maximum absolute atomic E-state index is 14.1. The molecule has 0 saturated heterocycles. The van der Waals surface area contributed by atoms with Gasteiger partial charge in [0, 0.05) is 12.6 Å². The molecule has 0 bridgehead atoms. The summed E-state index contributed by atoms with van der Waals surface area (Å²) >= 11 is 1.61. The first-order valence-electron chi connectivity index (χ1n) is 12.6. The fraction of sp³-hybridized carbons (Fsp3) is 0.667. The van der Waals surface area contributed by atoms with Gasteiger partial charge < -0.3 is 20.3 Å². The van der Waals surface area contributed by atoms with E-state index in [0.29, 0.717) is 18.7 Å². The molecule has 2 N–H and O–H groups in total. The second kappa shape index (κ2) is 13.2. The lowest BCUT2D eigenvalue weighted by Gasteiger charge is -2.35. The molecule has 1 aliphatic carbocycles. The molecule has 196 valence electrons. The largest absolute Gasteiger partial charge is 0.444 e. The fourth-order valence-electron chi connectivity index (χ4n) is 3.97. The Balaban J connectivity index is 2.41. The second-order valence-electron chi connectivity index (χ2n) is 10.5. The Morgan fingerprint density at radius 1 is 1.20 bits per heavy atom. The summed E-state index contributed by atoms with van der Waals surface area (Å²) in [5.41, 5.74) is 1.18. The molecule has 3 amide bonds. The van der Waals surface area contributed by atoms with Crippen molar-refractivity contribution in [2.45, 2.75) is 91.0 Å². The van der Waals surface area contributed by atoms with Gasteiger partial charge >= 0.3 is 6.09 Å². The summed E-state index contributed by atoms with van der Waals surface area (Å²) in [6, 6.07) is 6.18. The van der Waals surface area contributed by atoms with Gasteiger partial charge in [-0.1, -0.05) is 50.1 Å². The average molecular weight is 506 g/mol. The summed E-state index contributed by atoms with van der Waals surface area (Å²) in [6.07, 6.45) is 4.46. The van der Waals surface area contributed by atoms with Gasteiger partial charge in [0.2, 0.25) is 11.8 Å². The second-order valence-corrected chi connectivity index (χ2v) is 11.4. The summed E-state index contributed by atoms with van der Waals surface area (Å²) in [5.74, 6) is 0.558. The number of hydrogen-bond acceptors (Lipinski definition) is 5. The predicted octanol–water partition coefficient (Wildman–Crippen LogP) is 4.84. The van der Waals surface area contributed by atoms with Gasteiger partial charge in [-0.2, -0.15) is 11.8 Å². The standard InChI is InChI=1S/C27H43N3O4S/c1-8-9-15-28-24(31)23(20-12-10-18(2)11-13-20)30(22-17-19(22)3)25(32)21(14-16-35-7)29-26(33)34-27(4,5)6/h10-13,19,21-23H,8-9,14-17H2,1-7H3,(H,28,31)(H,29,33). The van der Waals surface area contributed by atoms with Gasteiger partial charge in [-0.05, 0) is 70.4 Å². The number of aryl methyl sites for hydroxylation is 1. The van der Waals surface area contributed by atoms with E-state index in [-0.39, 0.29) is 23.8 Å². The van der Waals surface area contributed by atoms with Crippen LogP contribution in [0.2, 0.25) is 0 Å². The van der Waals surface area contributed by atoms with Crippen molar-refractivity contribution in [3.8, 4) is 0 Å². The summed E-state index contributed by atoms with van der Waals surface area (Å²) < 4.78 is 5.44. The Morgan fingerprint density at radius 2 is 1.83 bits per heavy atom. The Hall–Kier alpha value is -2.22. The van der Waals surface area contributed by atoms with E-state index in [4.69, 9.17) is 4.74 Å². The molecule has 0 heterocycles. The molecule has 1 aliphatic rings. The van der Waals surface area contributed by atoms with Gasteiger partial charge in [-0.15, -0.1) is 0 Å². The minimum absolute atomic E-state index is 0.0528. The molecule has 1 saturated carbocycles. The summed E-state index contributed by atoms with van der Waals surface area (Å²) in [5, 5.41) is 5.83. The Kier molecular flexibility index (Phi) is 10.9. The third-order valence-corrected chi connectivity index (χ3v) is 6.67. The molecule has 0 spiro atoms. The molecule has 0 radical (unpaired) electrons. The number of rotatable bonds is 12. The molecule has 1 aromatic carbocycles. The van der Waals surface area contributed by atoms with E-state index < -0.39 is 23.8 Å². The highest BCUT2D eigenvalue weighted by Crippen LogP contribution is 2.41. The smallest absolute Gasteiger partial charge is 0.408 e. The fourth-order valence-corrected chi connectivity index (χ4v) is 4.44. The number of ether oxygens (including phenoxy) is 1. The summed E-state index contributed by atoms with van der Waals surface area (Å²) in [4.78, 5) is 41.9. The quantitative estimate of drug-likeness (QED) is 0.397. The maximum Gasteiger partial charge on any atom is 0.408 e. The first-order valence-corrected chi connectivity index (χ1v) is 14.0. The van der Waals surface area contributed by atoms with Crippen LogP contribution in [0.3, 0.4) is 0 Å². The zero-order chi connectivity index (χ0) is 26.2. The molecule has 1 aromatic rings. The topological polar surface area (TPSA) is 87.7 Å². The van der Waals surface area contributed by atoms with Crippen LogP contribution in [-0.2, 0) is 14.3 Å². The number of unbranched alkanes of at least 4 members (excludes halogenated alkanes) is 1. The molecular weight excluding hydrogens is 462 g/mol. The van der Waals surface area contributed by atoms with Crippen LogP contribution in [0.1, 0.15) is 77.5 Å². The van der Waals surface area contributed by atoms with Crippen molar-refractivity contribution in [3.05, 3.63) is 35.4 Å². The van der Waals surface area contributed by atoms with Crippen molar-refractivity contribution in [3.63, 3.8) is 0 Å². The van der Waals surface area contributed by atoms with Gasteiger partial charge in [-0.3, -0.25) is 9.59 Å². The number of nitrogens with one attached hydrogen (secondary N) is 2. The van der Waals surface area contributed by atoms with Crippen LogP contribution in [-0.4, -0.2) is 59.0 Å². The molecule has 35 heavy (non-hydrogen) atoms. The Bertz CT molecular complexity index is 853. The lowest BCUT2D eigenvalue weighted by Crippen LogP contribution is -2.54. The number of carbonyl (C=O) groups is 3. The Morgan fingerprint density at radius 3 is 2.34 bits per heavy atom. The molecule has 2 rings (SSSR count). The molecule has 0 aromatic heterocycles. The SMILES string of the molecule is CCCCNC(=O)C(c1ccc(C)cc1)N(C(=O)C(CCSC)NC(=O)OC(C)(C)C)C1CC1C. The van der Waals surface area contributed by atoms with Gasteiger partial charge in [0.25, 0.3) is 0 Å². The van der Waals surface area contributed by atoms with Crippen molar-refractivity contribution in [2.75, 3.05) is 18.6 Å². The first kappa shape index (κ1) is 29.0. The van der Waals surface area contributed by atoms with Gasteiger partial charge in [0.05, 0.1) is 0 Å². The monoisotopic (exact) mass is 505 g/mol. The number of thioether (sulfide) groups is 1. The van der Waals surface area contributed by atoms with E-state index in [1.165, 1.54) is 0 Å². The van der Waals surface area contributed by atoms with Crippen LogP contribution in [0, 0.1) is 12.8 Å². The summed E-state index contributed by atoms with van der Waals surface area (Å²) in [6.45, 7) is 12.1. The average Bonchev–Trinajstić information content (AvgIpc) is 3.49. The van der Waals surface area contributed by atoms with Crippen molar-refractivity contribution in [1.29, 1.82) is 0 Å². The van der Waals surface area contributed by atoms with E-state index in [9.17, 15) is 14.4 Å². The number of carbonyl (C=O) groups excluding carboxylic acids is 3. The van der Waals surface area contributed by atoms with Crippen LogP contribution < -0.4 is 10.6 Å². The molecule has 7 nitrogen and oxygen atoms in total. The molecule has 4 atom stereocenters. The summed E-state index contributed by atoms with van der Waals surface area (Å²) in [7, 11) is 0. The lowest BCUT2D eigenvalue weighted by atomic mass is 10.0. The van der Waals surface area contributed by atoms with Gasteiger partial charge in [-0.25, -0.2) is 4.79 Å². The van der Waals surface area contributed by atoms with Crippen LogP contribution >= 0.6 is 11.8 Å². The van der Waals surface area contributed by atoms with Gasteiger partial charge in [0.15, 0.2) is 0 Å². The third kappa shape index (κ3) is 9.06. The van der Waals surface area contributed by atoms with Crippen molar-refractivity contribution >= 4 is 29.7 Å². The van der Waals surface area contributed by atoms with E-state index in [2.05, 4.69) is 24.5 Å². The maximum atomic E-state index is 14.1. The zero-order valence-electron chi connectivity index (χ0n) is 22.3. The normalized spacial score (nSPS) is 18.8. The molecule has 4 unspecified atom stereocenters. The van der Waals surface area contributed by atoms with E-state index in [0.717, 1.165) is 30.4 Å². The van der Waals surface area contributed by atoms with E-state index >= 15 is 0 Å². The van der Waals surface area contributed by atoms with Crippen LogP contribution in [0.15, 0.2) is 24.3 Å². The number of benzene rings is 1. The minimum atomic E-state index is -0.776. The highest BCUT2D eigenvalue weighted by Gasteiger charge is 2.48. The van der Waals surface area contributed by atoms with E-state index in [1.54, 1.807) is 37.4 Å². The number of amides is 3. The minimum Gasteiger partial charge on any atom is -0.444 e. The Labute approximate surface area is 215 Å². The predicted molar refractivity (Wildman–Crippen MR) is 142 cm³/mol. The van der Waals surface area contributed by atoms with Crippen molar-refractivity contribution in [1.82, 2.24) is 15.5 Å². The van der Waals surface area contributed by atoms with Gasteiger partial charge in [0.1, 0.15) is 17.7 Å². The van der Waals surface area contributed by atoms with Crippen molar-refractivity contribution in [2.24, 2.45) is 5.92 Å². The molecular formula is C27H43N3O4S. The molecule has 0 aliphatic heterocycles. The first-order chi connectivity index (χ1) is 16.5. The van der Waals surface area contributed by atoms with Crippen LogP contribution in [0.4, 0.5) is 4.79 Å². The highest BCUT2D eigenvalue weighted by molar-refractivity contribution is 7.98. The molecule has 8 heteroatoms. The van der Waals surface area contributed by atoms with Crippen molar-refractivity contribution < 1.29 is 19.1 Å². The number of nitrogens with zero attached hydrogens (tertiary/aromatic N) is 1. The van der Waals surface area contributed by atoms with Crippen LogP contribution in [0.25, 0.3) is 0 Å². The molecule has 1 fully saturated rings. The third-order valence-electron chi connectivity index (χ3n) is 6.03. The number of alkyl carbamates (subject to hydrolysis) is 1.